The summed E-state index contributed by atoms with van der Waals surface area (Å²) in [6, 6.07) is 19.9. The van der Waals surface area contributed by atoms with E-state index in [1.807, 2.05) is 135 Å². The molecule has 4 saturated heterocycles. The van der Waals surface area contributed by atoms with Crippen molar-refractivity contribution in [2.45, 2.75) is 182 Å². The van der Waals surface area contributed by atoms with Crippen molar-refractivity contribution < 1.29 is 123 Å². The van der Waals surface area contributed by atoms with E-state index in [0.29, 0.717) is 36.8 Å². The molecule has 4 fully saturated rings. The Balaban J connectivity index is 0.000000227. The number of imidazole rings is 1. The standard InChI is InChI=1S/C38H43N7O5.C25H30B2N2O5.CH2O3.CH4.2Na.H/c1-37(2,3)49-35(46)43-15-7-9-28(43)26-17-23(19-39-26)22-11-13-29-32(18-22)48-31-14-12-24(25-20-41-45(29)33(25)31)27-21-40-34(42-27)30-10-8-16-44(30)36(47)50-38(4,5)6;1-22(2)23(3,4)32-26(31-22)15-9-11-18-20(13-15)30-19-12-10-17(16-14-28-29(18)21(16)19)27-33-24(5,6)25(7,8)34-27;2-1-4-3;;;;/h11-14,18-21,28,30H,7-10,15-17H2,1-6H3,(H,40,42);9-14H,1-8H3;1,3H;1H4;;;/q;;;;2*+1;-1/p-1/t28-,30-;;;;;;/m0....../s1. The Kier molecular flexibility index (Phi) is 19.6. The van der Waals surface area contributed by atoms with Gasteiger partial charge in [-0.2, -0.15) is 10.2 Å². The van der Waals surface area contributed by atoms with Crippen LogP contribution in [0.25, 0.3) is 50.0 Å². The second kappa shape index (κ2) is 25.7. The van der Waals surface area contributed by atoms with Gasteiger partial charge in [0.2, 0.25) is 0 Å². The third kappa shape index (κ3) is 13.2. The number of nitrogens with zero attached hydrogens (tertiary/aromatic N) is 8. The van der Waals surface area contributed by atoms with Crippen molar-refractivity contribution in [3.63, 3.8) is 0 Å². The number of carbonyl (C=O) groups is 3. The zero-order chi connectivity index (χ0) is 62.6. The van der Waals surface area contributed by atoms with Crippen molar-refractivity contribution in [2.75, 3.05) is 13.1 Å². The SMILES string of the molecule is C.CC(C)(C)OC(=O)N1CCC[C@H]1C1=NC=C(c2ccc3c(c2)Oc2ccc(-c4cnc([C@@H]5CCCN5C(=O)OC(C)(C)C)[nH]4)c4cnn-3c24)C1.CC1(C)OB(c2ccc3c(c2)Oc2ccc(B4OC(C)(C)C(C)(C)O4)c4cnn-3c24)OC1(C)C.O=CO[O-].[H-].[Na+].[Na+]. The van der Waals surface area contributed by atoms with Gasteiger partial charge in [-0.3, -0.25) is 19.6 Å². The minimum Gasteiger partial charge on any atom is -1.00 e. The molecule has 3 aromatic heterocycles. The molecule has 470 valence electrons. The van der Waals surface area contributed by atoms with E-state index in [1.165, 1.54) is 0 Å². The Morgan fingerprint density at radius 1 is 0.670 bits per heavy atom. The summed E-state index contributed by atoms with van der Waals surface area (Å²) in [6.07, 6.45) is 11.0. The van der Waals surface area contributed by atoms with E-state index >= 15 is 0 Å². The normalized spacial score (nSPS) is 20.0. The largest absolute Gasteiger partial charge is 1.00 e. The van der Waals surface area contributed by atoms with Crippen LogP contribution in [0.3, 0.4) is 0 Å². The van der Waals surface area contributed by atoms with Gasteiger partial charge in [-0.05, 0) is 187 Å². The molecule has 22 nitrogen and oxygen atoms in total. The fourth-order valence-corrected chi connectivity index (χ4v) is 12.0. The molecule has 2 atom stereocenters. The van der Waals surface area contributed by atoms with E-state index < -0.39 is 47.8 Å². The van der Waals surface area contributed by atoms with Crippen molar-refractivity contribution >= 4 is 76.9 Å². The number of aliphatic imine (C=N–C) groups is 1. The first-order valence-electron chi connectivity index (χ1n) is 29.9. The van der Waals surface area contributed by atoms with Crippen LogP contribution in [-0.2, 0) is 37.8 Å². The Labute approximate surface area is 577 Å². The van der Waals surface area contributed by atoms with E-state index in [2.05, 4.69) is 71.3 Å². The molecule has 2 amide bonds. The van der Waals surface area contributed by atoms with Gasteiger partial charge < -0.3 is 54.1 Å². The van der Waals surface area contributed by atoms with Crippen molar-refractivity contribution in [1.29, 1.82) is 0 Å². The van der Waals surface area contributed by atoms with Crippen LogP contribution >= 0.6 is 0 Å². The summed E-state index contributed by atoms with van der Waals surface area (Å²) in [6.45, 7) is 28.9. The third-order valence-corrected chi connectivity index (χ3v) is 17.8. The fraction of sp³-hybridized carbons (Fsp3) is 0.462. The molecule has 0 unspecified atom stereocenters. The van der Waals surface area contributed by atoms with Crippen LogP contribution in [0, 0.1) is 0 Å². The molecule has 7 aliphatic rings. The van der Waals surface area contributed by atoms with E-state index in [9.17, 15) is 9.59 Å². The van der Waals surface area contributed by atoms with Gasteiger partial charge in [0.1, 0.15) is 39.4 Å². The molecule has 0 bridgehead atoms. The van der Waals surface area contributed by atoms with E-state index in [0.717, 1.165) is 109 Å². The number of nitrogens with one attached hydrogen (secondary N) is 1. The number of hydrogen-bond donors (Lipinski definition) is 1. The topological polar surface area (TPSA) is 240 Å². The number of benzene rings is 4. The Morgan fingerprint density at radius 2 is 1.18 bits per heavy atom. The summed E-state index contributed by atoms with van der Waals surface area (Å²) >= 11 is 0. The number of rotatable bonds is 7. The number of ether oxygens (including phenoxy) is 4. The van der Waals surface area contributed by atoms with Crippen LogP contribution < -0.4 is 84.8 Å². The van der Waals surface area contributed by atoms with Gasteiger partial charge in [0.25, 0.3) is 6.47 Å². The van der Waals surface area contributed by atoms with Crippen molar-refractivity contribution in [2.24, 2.45) is 4.99 Å². The Morgan fingerprint density at radius 3 is 1.75 bits per heavy atom. The molecule has 0 aliphatic carbocycles. The number of likely N-dealkylation sites (tertiary alicyclic amines) is 2. The van der Waals surface area contributed by atoms with Crippen LogP contribution in [0.5, 0.6) is 23.0 Å². The Bertz CT molecular complexity index is 3970. The first-order chi connectivity index (χ1) is 41.5. The van der Waals surface area contributed by atoms with Crippen molar-refractivity contribution in [3.05, 3.63) is 96.8 Å². The average molecular weight is 1260 g/mol. The smallest absolute Gasteiger partial charge is 1.00 e. The van der Waals surface area contributed by atoms with Crippen molar-refractivity contribution in [3.8, 4) is 45.6 Å². The summed E-state index contributed by atoms with van der Waals surface area (Å²) in [5.74, 6) is 3.63. The zero-order valence-corrected chi connectivity index (χ0v) is 58.3. The van der Waals surface area contributed by atoms with Gasteiger partial charge in [0.05, 0.1) is 58.8 Å². The van der Waals surface area contributed by atoms with Crippen LogP contribution in [-0.4, -0.2) is 131 Å². The second-order valence-electron chi connectivity index (χ2n) is 27.2. The second-order valence-corrected chi connectivity index (χ2v) is 27.2. The summed E-state index contributed by atoms with van der Waals surface area (Å²) in [5.41, 5.74) is 7.51. The average Bonchev–Trinajstić information content (AvgIpc) is 1.52. The Hall–Kier alpha value is -6.02. The number of H-pyrrole nitrogens is 1. The van der Waals surface area contributed by atoms with E-state index in [4.69, 9.17) is 67.8 Å². The monoisotopic (exact) mass is 1260 g/mol. The van der Waals surface area contributed by atoms with Gasteiger partial charge in [-0.1, -0.05) is 25.6 Å². The van der Waals surface area contributed by atoms with Gasteiger partial charge in [0.15, 0.2) is 23.0 Å². The van der Waals surface area contributed by atoms with Crippen LogP contribution in [0.1, 0.15) is 155 Å². The molecule has 1 N–H and O–H groups in total. The quantitative estimate of drug-likeness (QED) is 0.0945. The molecule has 7 aromatic rings. The summed E-state index contributed by atoms with van der Waals surface area (Å²) < 4.78 is 53.1. The molecule has 0 spiro atoms. The maximum absolute atomic E-state index is 12.9. The predicted molar refractivity (Wildman–Crippen MR) is 337 cm³/mol. The maximum Gasteiger partial charge on any atom is 1.00 e. The first-order valence-corrected chi connectivity index (χ1v) is 29.9. The number of aromatic amines is 1. The number of hydrogen-bond acceptors (Lipinski definition) is 17. The summed E-state index contributed by atoms with van der Waals surface area (Å²) in [4.78, 5) is 53.7. The first kappa shape index (κ1) is 69.3. The molecule has 0 saturated carbocycles. The van der Waals surface area contributed by atoms with E-state index in [1.54, 1.807) is 4.90 Å². The predicted octanol–water partition coefficient (Wildman–Crippen LogP) is 5.10. The van der Waals surface area contributed by atoms with Crippen LogP contribution in [0.4, 0.5) is 9.59 Å². The maximum atomic E-state index is 12.9. The number of allylic oxidation sites excluding steroid dienone is 1. The van der Waals surface area contributed by atoms with Gasteiger partial charge in [-0.15, -0.1) is 0 Å². The number of aromatic nitrogens is 6. The van der Waals surface area contributed by atoms with E-state index in [-0.39, 0.29) is 98.7 Å². The molecule has 26 heteroatoms. The molecule has 14 rings (SSSR count). The van der Waals surface area contributed by atoms with Gasteiger partial charge in [0, 0.05) is 47.8 Å². The molecule has 0 radical (unpaired) electrons. The summed E-state index contributed by atoms with van der Waals surface area (Å²) in [5, 5.41) is 19.8. The molecular formula is C65H79B2N9Na2O13. The van der Waals surface area contributed by atoms with Crippen LogP contribution in [0.15, 0.2) is 90.4 Å². The molecular weight excluding hydrogens is 1180 g/mol. The molecule has 10 heterocycles. The number of fused-ring (bicyclic) bond motifs is 4. The minimum absolute atomic E-state index is 0. The van der Waals surface area contributed by atoms with Crippen molar-refractivity contribution in [1.82, 2.24) is 39.3 Å². The number of amides is 2. The van der Waals surface area contributed by atoms with Crippen LogP contribution in [0.2, 0.25) is 0 Å². The summed E-state index contributed by atoms with van der Waals surface area (Å²) in [7, 11) is -0.924. The zero-order valence-electron chi connectivity index (χ0n) is 55.3. The minimum atomic E-state index is -0.562. The third-order valence-electron chi connectivity index (χ3n) is 17.8. The number of carbonyl (C=O) groups excluding carboxylic acids is 3. The molecule has 4 aromatic carbocycles. The fourth-order valence-electron chi connectivity index (χ4n) is 12.0. The molecule has 7 aliphatic heterocycles. The molecule has 91 heavy (non-hydrogen) atoms. The van der Waals surface area contributed by atoms with Gasteiger partial charge in [-0.25, -0.2) is 23.9 Å². The van der Waals surface area contributed by atoms with Gasteiger partial charge >= 0.3 is 85.5 Å².